The van der Waals surface area contributed by atoms with E-state index in [1.807, 2.05) is 18.5 Å². The number of hydrogen-bond acceptors (Lipinski definition) is 4. The van der Waals surface area contributed by atoms with Gasteiger partial charge in [0.15, 0.2) is 0 Å². The average molecular weight is 285 g/mol. The summed E-state index contributed by atoms with van der Waals surface area (Å²) in [7, 11) is 2.21. The Hall–Kier alpha value is -1.72. The van der Waals surface area contributed by atoms with E-state index >= 15 is 0 Å². The summed E-state index contributed by atoms with van der Waals surface area (Å²) in [4.78, 5) is 6.60. The highest BCUT2D eigenvalue weighted by molar-refractivity contribution is 5.61. The summed E-state index contributed by atoms with van der Waals surface area (Å²) < 4.78 is 0. The van der Waals surface area contributed by atoms with Crippen molar-refractivity contribution in [1.82, 2.24) is 25.4 Å². The number of nitrogens with zero attached hydrogens (tertiary/aromatic N) is 3. The fourth-order valence-corrected chi connectivity index (χ4v) is 2.93. The first kappa shape index (κ1) is 14.2. The van der Waals surface area contributed by atoms with Crippen molar-refractivity contribution in [1.29, 1.82) is 0 Å². The predicted molar refractivity (Wildman–Crippen MR) is 83.8 cm³/mol. The molecule has 5 heteroatoms. The summed E-state index contributed by atoms with van der Waals surface area (Å²) in [5.41, 5.74) is 3.36. The van der Waals surface area contributed by atoms with E-state index in [1.54, 1.807) is 6.20 Å². The Morgan fingerprint density at radius 3 is 3.10 bits per heavy atom. The fraction of sp³-hybridized carbons (Fsp3) is 0.500. The summed E-state index contributed by atoms with van der Waals surface area (Å²) >= 11 is 0. The lowest BCUT2D eigenvalue weighted by atomic mass is 9.98. The zero-order valence-electron chi connectivity index (χ0n) is 12.7. The van der Waals surface area contributed by atoms with E-state index in [2.05, 4.69) is 45.4 Å². The average Bonchev–Trinajstić information content (AvgIpc) is 2.98. The van der Waals surface area contributed by atoms with Crippen LogP contribution in [0.4, 0.5) is 0 Å². The van der Waals surface area contributed by atoms with Gasteiger partial charge in [0.05, 0.1) is 11.9 Å². The molecule has 1 saturated heterocycles. The van der Waals surface area contributed by atoms with Gasteiger partial charge in [-0.3, -0.25) is 10.1 Å². The highest BCUT2D eigenvalue weighted by Gasteiger charge is 2.22. The number of nitrogens with one attached hydrogen (secondary N) is 2. The maximum absolute atomic E-state index is 4.19. The molecule has 0 aliphatic carbocycles. The van der Waals surface area contributed by atoms with Crippen LogP contribution in [0.2, 0.25) is 0 Å². The second kappa shape index (κ2) is 6.37. The first-order valence-corrected chi connectivity index (χ1v) is 7.60. The number of hydrogen-bond donors (Lipinski definition) is 2. The van der Waals surface area contributed by atoms with E-state index in [9.17, 15) is 0 Å². The second-order valence-electron chi connectivity index (χ2n) is 5.94. The monoisotopic (exact) mass is 285 g/mol. The van der Waals surface area contributed by atoms with Gasteiger partial charge >= 0.3 is 0 Å². The van der Waals surface area contributed by atoms with Gasteiger partial charge < -0.3 is 10.2 Å². The van der Waals surface area contributed by atoms with Gasteiger partial charge in [0, 0.05) is 42.1 Å². The molecule has 2 aromatic heterocycles. The van der Waals surface area contributed by atoms with Crippen LogP contribution >= 0.6 is 0 Å². The Kier molecular flexibility index (Phi) is 4.31. The molecule has 2 unspecified atom stereocenters. The molecule has 21 heavy (non-hydrogen) atoms. The second-order valence-corrected chi connectivity index (χ2v) is 5.94. The molecule has 2 atom stereocenters. The summed E-state index contributed by atoms with van der Waals surface area (Å²) in [6.07, 6.45) is 7.98. The maximum atomic E-state index is 4.19. The van der Waals surface area contributed by atoms with Gasteiger partial charge in [-0.25, -0.2) is 0 Å². The minimum atomic E-state index is 0.591. The third-order valence-electron chi connectivity index (χ3n) is 4.46. The Labute approximate surface area is 125 Å². The van der Waals surface area contributed by atoms with Crippen LogP contribution < -0.4 is 5.32 Å². The zero-order valence-corrected chi connectivity index (χ0v) is 12.7. The molecular weight excluding hydrogens is 262 g/mol. The molecule has 0 amide bonds. The molecule has 0 bridgehead atoms. The molecule has 0 saturated carbocycles. The molecule has 1 fully saturated rings. The summed E-state index contributed by atoms with van der Waals surface area (Å²) in [5.74, 6) is 0. The lowest BCUT2D eigenvalue weighted by Gasteiger charge is -2.35. The lowest BCUT2D eigenvalue weighted by Crippen LogP contribution is -2.45. The van der Waals surface area contributed by atoms with Gasteiger partial charge in [-0.1, -0.05) is 0 Å². The van der Waals surface area contributed by atoms with Crippen molar-refractivity contribution >= 4 is 0 Å². The number of piperidine rings is 1. The van der Waals surface area contributed by atoms with E-state index in [0.29, 0.717) is 12.1 Å². The largest absolute Gasteiger partial charge is 0.310 e. The number of aromatic nitrogens is 3. The molecule has 0 aromatic carbocycles. The Bertz CT molecular complexity index is 565. The lowest BCUT2D eigenvalue weighted by molar-refractivity contribution is 0.168. The summed E-state index contributed by atoms with van der Waals surface area (Å²) in [6, 6.07) is 5.25. The highest BCUT2D eigenvalue weighted by Crippen LogP contribution is 2.21. The number of likely N-dealkylation sites (tertiary alicyclic amines) is 1. The van der Waals surface area contributed by atoms with E-state index in [4.69, 9.17) is 0 Å². The minimum absolute atomic E-state index is 0.591. The van der Waals surface area contributed by atoms with Crippen LogP contribution in [-0.2, 0) is 6.54 Å². The van der Waals surface area contributed by atoms with Crippen LogP contribution in [0.3, 0.4) is 0 Å². The van der Waals surface area contributed by atoms with Crippen molar-refractivity contribution < 1.29 is 0 Å². The minimum Gasteiger partial charge on any atom is -0.310 e. The Morgan fingerprint density at radius 1 is 1.43 bits per heavy atom. The number of H-pyrrole nitrogens is 1. The van der Waals surface area contributed by atoms with Crippen LogP contribution in [0, 0.1) is 0 Å². The van der Waals surface area contributed by atoms with E-state index in [0.717, 1.165) is 17.8 Å². The van der Waals surface area contributed by atoms with Gasteiger partial charge in [0.25, 0.3) is 0 Å². The number of pyridine rings is 1. The van der Waals surface area contributed by atoms with Crippen molar-refractivity contribution in [3.05, 3.63) is 36.3 Å². The van der Waals surface area contributed by atoms with Crippen molar-refractivity contribution in [2.45, 2.75) is 38.4 Å². The smallest absolute Gasteiger partial charge is 0.0710 e. The SMILES string of the molecule is CC1CC(NCc2cn[nH]c2-c2cccnc2)CCN1C. The molecular formula is C16H23N5. The normalized spacial score (nSPS) is 23.3. The van der Waals surface area contributed by atoms with Crippen LogP contribution in [-0.4, -0.2) is 45.8 Å². The van der Waals surface area contributed by atoms with Gasteiger partial charge in [0.1, 0.15) is 0 Å². The zero-order chi connectivity index (χ0) is 14.7. The molecule has 2 aromatic rings. The topological polar surface area (TPSA) is 56.8 Å². The Balaban J connectivity index is 1.63. The van der Waals surface area contributed by atoms with Gasteiger partial charge in [-0.05, 0) is 45.5 Å². The quantitative estimate of drug-likeness (QED) is 0.902. The standard InChI is InChI=1S/C16H23N5/c1-12-8-15(5-7-21(12)2)18-10-14-11-19-20-16(14)13-4-3-6-17-9-13/h3-4,6,9,11-12,15,18H,5,7-8,10H2,1-2H3,(H,19,20). The van der Waals surface area contributed by atoms with Crippen molar-refractivity contribution in [3.8, 4) is 11.3 Å². The van der Waals surface area contributed by atoms with Gasteiger partial charge in [-0.2, -0.15) is 5.10 Å². The molecule has 0 spiro atoms. The van der Waals surface area contributed by atoms with Gasteiger partial charge in [0.2, 0.25) is 0 Å². The van der Waals surface area contributed by atoms with Crippen molar-refractivity contribution in [2.75, 3.05) is 13.6 Å². The van der Waals surface area contributed by atoms with Crippen molar-refractivity contribution in [3.63, 3.8) is 0 Å². The van der Waals surface area contributed by atoms with Crippen LogP contribution in [0.1, 0.15) is 25.3 Å². The predicted octanol–water partition coefficient (Wildman–Crippen LogP) is 2.04. The molecule has 3 rings (SSSR count). The highest BCUT2D eigenvalue weighted by atomic mass is 15.1. The number of aromatic amines is 1. The van der Waals surface area contributed by atoms with Crippen LogP contribution in [0.15, 0.2) is 30.7 Å². The molecule has 112 valence electrons. The fourth-order valence-electron chi connectivity index (χ4n) is 2.93. The molecule has 1 aliphatic rings. The van der Waals surface area contributed by atoms with E-state index in [-0.39, 0.29) is 0 Å². The van der Waals surface area contributed by atoms with Gasteiger partial charge in [-0.15, -0.1) is 0 Å². The summed E-state index contributed by atoms with van der Waals surface area (Å²) in [6.45, 7) is 4.31. The molecule has 0 radical (unpaired) electrons. The van der Waals surface area contributed by atoms with E-state index < -0.39 is 0 Å². The van der Waals surface area contributed by atoms with Crippen molar-refractivity contribution in [2.24, 2.45) is 0 Å². The van der Waals surface area contributed by atoms with E-state index in [1.165, 1.54) is 24.9 Å². The first-order valence-electron chi connectivity index (χ1n) is 7.60. The third-order valence-corrected chi connectivity index (χ3v) is 4.46. The third kappa shape index (κ3) is 3.31. The molecule has 1 aliphatic heterocycles. The first-order chi connectivity index (χ1) is 10.2. The summed E-state index contributed by atoms with van der Waals surface area (Å²) in [5, 5.41) is 11.0. The number of rotatable bonds is 4. The van der Waals surface area contributed by atoms with Crippen LogP contribution in [0.5, 0.6) is 0 Å². The molecule has 3 heterocycles. The maximum Gasteiger partial charge on any atom is 0.0710 e. The molecule has 5 nitrogen and oxygen atoms in total. The van der Waals surface area contributed by atoms with Crippen LogP contribution in [0.25, 0.3) is 11.3 Å². The molecule has 2 N–H and O–H groups in total. The Morgan fingerprint density at radius 2 is 2.33 bits per heavy atom.